The van der Waals surface area contributed by atoms with Gasteiger partial charge in [0, 0.05) is 13.1 Å². The molecule has 56 valence electrons. The minimum absolute atomic E-state index is 0.893. The Bertz CT molecular complexity index is 163. The smallest absolute Gasteiger partial charge is 0.0703 e. The molecule has 0 aromatic rings. The van der Waals surface area contributed by atoms with Gasteiger partial charge in [-0.05, 0) is 19.0 Å². The Hall–Kier alpha value is -0.830. The van der Waals surface area contributed by atoms with Crippen molar-refractivity contribution in [2.24, 2.45) is 5.16 Å². The fraction of sp³-hybridized carbons (Fsp3) is 0.571. The van der Waals surface area contributed by atoms with Crippen molar-refractivity contribution in [3.05, 3.63) is 11.6 Å². The summed E-state index contributed by atoms with van der Waals surface area (Å²) in [5.41, 5.74) is 1.09. The maximum atomic E-state index is 8.21. The van der Waals surface area contributed by atoms with Crippen LogP contribution in [0.25, 0.3) is 0 Å². The summed E-state index contributed by atoms with van der Waals surface area (Å²) in [7, 11) is 2.05. The Morgan fingerprint density at radius 2 is 2.60 bits per heavy atom. The van der Waals surface area contributed by atoms with Gasteiger partial charge in [-0.1, -0.05) is 11.2 Å². The third kappa shape index (κ3) is 1.84. The summed E-state index contributed by atoms with van der Waals surface area (Å²) in [6, 6.07) is 0. The Morgan fingerprint density at radius 1 is 1.80 bits per heavy atom. The molecular formula is C7H12N2O. The van der Waals surface area contributed by atoms with Gasteiger partial charge in [0.25, 0.3) is 0 Å². The first-order valence-electron chi connectivity index (χ1n) is 3.38. The molecule has 1 aliphatic rings. The van der Waals surface area contributed by atoms with Gasteiger partial charge in [-0.2, -0.15) is 0 Å². The number of hydrogen-bond acceptors (Lipinski definition) is 3. The molecule has 0 bridgehead atoms. The van der Waals surface area contributed by atoms with Crippen molar-refractivity contribution in [1.82, 2.24) is 4.90 Å². The van der Waals surface area contributed by atoms with E-state index < -0.39 is 0 Å². The van der Waals surface area contributed by atoms with Crippen molar-refractivity contribution >= 4 is 6.21 Å². The molecule has 0 saturated carbocycles. The number of rotatable bonds is 1. The third-order valence-electron chi connectivity index (χ3n) is 1.59. The SMILES string of the molecule is CN1CCC=C(/C=N/O)C1. The van der Waals surface area contributed by atoms with Gasteiger partial charge in [0.2, 0.25) is 0 Å². The van der Waals surface area contributed by atoms with E-state index in [1.165, 1.54) is 6.21 Å². The van der Waals surface area contributed by atoms with Crippen molar-refractivity contribution in [3.63, 3.8) is 0 Å². The van der Waals surface area contributed by atoms with Crippen molar-refractivity contribution in [3.8, 4) is 0 Å². The summed E-state index contributed by atoms with van der Waals surface area (Å²) in [5.74, 6) is 0. The highest BCUT2D eigenvalue weighted by molar-refractivity contribution is 5.78. The normalized spacial score (nSPS) is 21.5. The maximum absolute atomic E-state index is 8.21. The van der Waals surface area contributed by atoms with E-state index in [1.54, 1.807) is 0 Å². The van der Waals surface area contributed by atoms with E-state index in [-0.39, 0.29) is 0 Å². The molecular weight excluding hydrogens is 128 g/mol. The molecule has 0 spiro atoms. The summed E-state index contributed by atoms with van der Waals surface area (Å²) in [6.07, 6.45) is 4.65. The highest BCUT2D eigenvalue weighted by atomic mass is 16.4. The van der Waals surface area contributed by atoms with Gasteiger partial charge < -0.3 is 10.1 Å². The Labute approximate surface area is 60.6 Å². The molecule has 0 radical (unpaired) electrons. The number of likely N-dealkylation sites (N-methyl/N-ethyl adjacent to an activating group) is 1. The van der Waals surface area contributed by atoms with Gasteiger partial charge >= 0.3 is 0 Å². The molecule has 0 fully saturated rings. The zero-order chi connectivity index (χ0) is 7.40. The highest BCUT2D eigenvalue weighted by Crippen LogP contribution is 2.04. The average molecular weight is 140 g/mol. The van der Waals surface area contributed by atoms with Crippen molar-refractivity contribution < 1.29 is 5.21 Å². The zero-order valence-electron chi connectivity index (χ0n) is 6.12. The maximum Gasteiger partial charge on any atom is 0.0703 e. The second-order valence-electron chi connectivity index (χ2n) is 2.55. The number of oxime groups is 1. The summed E-state index contributed by atoms with van der Waals surface area (Å²) in [5, 5.41) is 11.2. The minimum atomic E-state index is 0.893. The lowest BCUT2D eigenvalue weighted by atomic mass is 10.1. The fourth-order valence-electron chi connectivity index (χ4n) is 1.09. The van der Waals surface area contributed by atoms with Gasteiger partial charge in [0.15, 0.2) is 0 Å². The first-order chi connectivity index (χ1) is 4.83. The van der Waals surface area contributed by atoms with Gasteiger partial charge in [-0.25, -0.2) is 0 Å². The monoisotopic (exact) mass is 140 g/mol. The Morgan fingerprint density at radius 3 is 3.20 bits per heavy atom. The van der Waals surface area contributed by atoms with Crippen LogP contribution in [-0.2, 0) is 0 Å². The molecule has 1 aliphatic heterocycles. The first kappa shape index (κ1) is 7.28. The molecule has 0 aromatic carbocycles. The number of hydrogen-bond donors (Lipinski definition) is 1. The molecule has 0 saturated heterocycles. The van der Waals surface area contributed by atoms with E-state index >= 15 is 0 Å². The lowest BCUT2D eigenvalue weighted by Crippen LogP contribution is -2.25. The van der Waals surface area contributed by atoms with Crippen LogP contribution in [0.4, 0.5) is 0 Å². The van der Waals surface area contributed by atoms with Gasteiger partial charge in [-0.3, -0.25) is 0 Å². The van der Waals surface area contributed by atoms with E-state index in [9.17, 15) is 0 Å². The molecule has 0 aliphatic carbocycles. The van der Waals surface area contributed by atoms with Gasteiger partial charge in [0.05, 0.1) is 6.21 Å². The largest absolute Gasteiger partial charge is 0.411 e. The van der Waals surface area contributed by atoms with Crippen LogP contribution in [0.15, 0.2) is 16.8 Å². The van der Waals surface area contributed by atoms with Crippen LogP contribution >= 0.6 is 0 Å². The van der Waals surface area contributed by atoms with E-state index in [0.29, 0.717) is 0 Å². The standard InChI is InChI=1S/C7H12N2O/c1-9-4-2-3-7(6-9)5-8-10/h3,5,10H,2,4,6H2,1H3/b8-5+. The van der Waals surface area contributed by atoms with Crippen LogP contribution in [0.2, 0.25) is 0 Å². The third-order valence-corrected chi connectivity index (χ3v) is 1.59. The molecule has 0 unspecified atom stereocenters. The summed E-state index contributed by atoms with van der Waals surface area (Å²) in [6.45, 7) is 1.99. The quantitative estimate of drug-likeness (QED) is 0.331. The molecule has 0 atom stereocenters. The van der Waals surface area contributed by atoms with Crippen molar-refractivity contribution in [1.29, 1.82) is 0 Å². The molecule has 1 N–H and O–H groups in total. The molecule has 3 heteroatoms. The lowest BCUT2D eigenvalue weighted by molar-refractivity contribution is 0.319. The second-order valence-corrected chi connectivity index (χ2v) is 2.55. The van der Waals surface area contributed by atoms with Crippen molar-refractivity contribution in [2.75, 3.05) is 20.1 Å². The molecule has 0 aromatic heterocycles. The average Bonchev–Trinajstić information content (AvgIpc) is 1.88. The second kappa shape index (κ2) is 3.37. The molecule has 3 nitrogen and oxygen atoms in total. The Kier molecular flexibility index (Phi) is 2.45. The van der Waals surface area contributed by atoms with Crippen molar-refractivity contribution in [2.45, 2.75) is 6.42 Å². The topological polar surface area (TPSA) is 35.8 Å². The van der Waals surface area contributed by atoms with Crippen LogP contribution in [0, 0.1) is 0 Å². The highest BCUT2D eigenvalue weighted by Gasteiger charge is 2.05. The summed E-state index contributed by atoms with van der Waals surface area (Å²) < 4.78 is 0. The molecule has 0 amide bonds. The van der Waals surface area contributed by atoms with E-state index in [4.69, 9.17) is 5.21 Å². The fourth-order valence-corrected chi connectivity index (χ4v) is 1.09. The molecule has 1 heterocycles. The molecule has 1 rings (SSSR count). The van der Waals surface area contributed by atoms with E-state index in [2.05, 4.69) is 23.2 Å². The van der Waals surface area contributed by atoms with Gasteiger partial charge in [-0.15, -0.1) is 0 Å². The van der Waals surface area contributed by atoms with E-state index in [1.807, 2.05) is 0 Å². The van der Waals surface area contributed by atoms with Crippen LogP contribution in [0.1, 0.15) is 6.42 Å². The van der Waals surface area contributed by atoms with Crippen LogP contribution in [0.5, 0.6) is 0 Å². The summed E-state index contributed by atoms with van der Waals surface area (Å²) >= 11 is 0. The zero-order valence-corrected chi connectivity index (χ0v) is 6.12. The van der Waals surface area contributed by atoms with Crippen LogP contribution < -0.4 is 0 Å². The first-order valence-corrected chi connectivity index (χ1v) is 3.38. The minimum Gasteiger partial charge on any atom is -0.411 e. The summed E-state index contributed by atoms with van der Waals surface area (Å²) in [4.78, 5) is 2.19. The predicted molar refractivity (Wildman–Crippen MR) is 40.5 cm³/mol. The van der Waals surface area contributed by atoms with Gasteiger partial charge in [0.1, 0.15) is 0 Å². The van der Waals surface area contributed by atoms with Crippen LogP contribution in [-0.4, -0.2) is 36.5 Å². The number of nitrogens with zero attached hydrogens (tertiary/aromatic N) is 2. The molecule has 10 heavy (non-hydrogen) atoms. The predicted octanol–water partition coefficient (Wildman–Crippen LogP) is 0.708. The van der Waals surface area contributed by atoms with Crippen LogP contribution in [0.3, 0.4) is 0 Å². The Balaban J connectivity index is 2.51. The lowest BCUT2D eigenvalue weighted by Gasteiger charge is -2.20. The van der Waals surface area contributed by atoms with E-state index in [0.717, 1.165) is 25.1 Å².